The Morgan fingerprint density at radius 1 is 0.947 bits per heavy atom. The summed E-state index contributed by atoms with van der Waals surface area (Å²) in [4.78, 5) is 12.4. The number of carbonyl (C=O) groups excluding carboxylic acids is 1. The molecule has 14 atom stereocenters. The average molecular weight is 549 g/mol. The summed E-state index contributed by atoms with van der Waals surface area (Å²) in [6.07, 6.45) is -8.42. The molecule has 14 unspecified atom stereocenters. The van der Waals surface area contributed by atoms with E-state index in [4.69, 9.17) is 24.7 Å². The molecule has 2 heterocycles. The molecule has 1 amide bonds. The van der Waals surface area contributed by atoms with Gasteiger partial charge < -0.3 is 55.5 Å². The fraction of sp³-hybridized carbons (Fsp3) is 0.962. The monoisotopic (exact) mass is 548 g/mol. The van der Waals surface area contributed by atoms with Crippen LogP contribution in [0.4, 0.5) is 4.79 Å². The van der Waals surface area contributed by atoms with Crippen LogP contribution in [0.25, 0.3) is 0 Å². The van der Waals surface area contributed by atoms with E-state index in [9.17, 15) is 30.3 Å². The van der Waals surface area contributed by atoms with E-state index in [1.54, 1.807) is 20.8 Å². The molecule has 0 bridgehead atoms. The van der Waals surface area contributed by atoms with Gasteiger partial charge in [-0.05, 0) is 51.4 Å². The van der Waals surface area contributed by atoms with Gasteiger partial charge in [0.25, 0.3) is 0 Å². The van der Waals surface area contributed by atoms with Crippen molar-refractivity contribution in [1.29, 1.82) is 0 Å². The molecule has 2 saturated heterocycles. The molecular weight excluding hydrogens is 500 g/mol. The Balaban J connectivity index is 1.78. The Bertz CT molecular complexity index is 782. The van der Waals surface area contributed by atoms with Crippen LogP contribution in [0.2, 0.25) is 0 Å². The Labute approximate surface area is 224 Å². The molecule has 12 heteroatoms. The van der Waals surface area contributed by atoms with E-state index in [-0.39, 0.29) is 36.3 Å². The fourth-order valence-corrected chi connectivity index (χ4v) is 6.25. The van der Waals surface area contributed by atoms with Crippen molar-refractivity contribution >= 4 is 6.09 Å². The van der Waals surface area contributed by atoms with Gasteiger partial charge in [0.1, 0.15) is 23.9 Å². The number of ether oxygens (including phenoxy) is 4. The van der Waals surface area contributed by atoms with E-state index >= 15 is 0 Å². The van der Waals surface area contributed by atoms with Gasteiger partial charge in [0, 0.05) is 12.5 Å². The van der Waals surface area contributed by atoms with Crippen LogP contribution in [0, 0.1) is 23.7 Å². The van der Waals surface area contributed by atoms with Gasteiger partial charge in [-0.25, -0.2) is 4.79 Å². The Morgan fingerprint density at radius 3 is 2.18 bits per heavy atom. The highest BCUT2D eigenvalue weighted by molar-refractivity contribution is 5.68. The maximum Gasteiger partial charge on any atom is 0.408 e. The minimum absolute atomic E-state index is 0.0307. The van der Waals surface area contributed by atoms with Crippen LogP contribution in [0.5, 0.6) is 0 Å². The lowest BCUT2D eigenvalue weighted by Crippen LogP contribution is -2.66. The van der Waals surface area contributed by atoms with Crippen molar-refractivity contribution in [3.63, 3.8) is 0 Å². The number of carbonyl (C=O) groups is 1. The van der Waals surface area contributed by atoms with Crippen molar-refractivity contribution in [2.75, 3.05) is 13.2 Å². The maximum absolute atomic E-state index is 12.4. The average Bonchev–Trinajstić information content (AvgIpc) is 2.80. The topological polar surface area (TPSA) is 193 Å². The second kappa shape index (κ2) is 12.6. The van der Waals surface area contributed by atoms with Crippen LogP contribution in [-0.2, 0) is 18.9 Å². The molecule has 1 saturated carbocycles. The van der Waals surface area contributed by atoms with Crippen LogP contribution >= 0.6 is 0 Å². The molecule has 1 aliphatic carbocycles. The Morgan fingerprint density at radius 2 is 1.61 bits per heavy atom. The zero-order valence-electron chi connectivity index (χ0n) is 23.3. The van der Waals surface area contributed by atoms with Gasteiger partial charge in [0.05, 0.1) is 43.2 Å². The summed E-state index contributed by atoms with van der Waals surface area (Å²) in [6.45, 7) is 10.6. The lowest BCUT2D eigenvalue weighted by Gasteiger charge is -2.51. The minimum atomic E-state index is -1.51. The van der Waals surface area contributed by atoms with Gasteiger partial charge in [-0.2, -0.15) is 0 Å². The van der Waals surface area contributed by atoms with Crippen molar-refractivity contribution in [2.24, 2.45) is 29.4 Å². The second-order valence-corrected chi connectivity index (χ2v) is 12.4. The predicted octanol–water partition coefficient (Wildman–Crippen LogP) is -0.530. The van der Waals surface area contributed by atoms with Gasteiger partial charge in [-0.15, -0.1) is 0 Å². The first-order valence-electron chi connectivity index (χ1n) is 13.7. The number of rotatable bonds is 6. The standard InChI is InChI=1S/C26H48N2O10/c1-11-7-12(2)23(20(32)17(11)22-13(3)8-14(30)15(9-27)35-22)37-24-21(33)18(19(31)16(10-29)36-24)28-25(34)38-26(4,5)6/h11-24,29-33H,7-10,27H2,1-6H3,(H,28,34). The third kappa shape index (κ3) is 6.97. The number of aliphatic hydroxyl groups excluding tert-OH is 5. The SMILES string of the molecule is CC1CC(C)C(C2OC(CN)C(O)CC2C)C(O)C1OC1OC(CO)C(O)C(NC(=O)OC(C)(C)C)C1O. The molecule has 0 aromatic rings. The molecule has 0 aromatic carbocycles. The van der Waals surface area contributed by atoms with E-state index in [0.717, 1.165) is 0 Å². The highest BCUT2D eigenvalue weighted by Gasteiger charge is 2.52. The van der Waals surface area contributed by atoms with Gasteiger partial charge in [-0.1, -0.05) is 20.8 Å². The van der Waals surface area contributed by atoms with E-state index in [0.29, 0.717) is 12.8 Å². The van der Waals surface area contributed by atoms with E-state index in [2.05, 4.69) is 5.32 Å². The number of hydrogen-bond acceptors (Lipinski definition) is 11. The quantitative estimate of drug-likeness (QED) is 0.226. The molecule has 38 heavy (non-hydrogen) atoms. The molecule has 3 fully saturated rings. The largest absolute Gasteiger partial charge is 0.444 e. The fourth-order valence-electron chi connectivity index (χ4n) is 6.25. The third-order valence-electron chi connectivity index (χ3n) is 8.10. The Hall–Kier alpha value is -1.09. The second-order valence-electron chi connectivity index (χ2n) is 12.4. The van der Waals surface area contributed by atoms with Crippen LogP contribution < -0.4 is 11.1 Å². The summed E-state index contributed by atoms with van der Waals surface area (Å²) in [5, 5.41) is 55.9. The molecule has 12 nitrogen and oxygen atoms in total. The van der Waals surface area contributed by atoms with Gasteiger partial charge in [0.15, 0.2) is 6.29 Å². The van der Waals surface area contributed by atoms with E-state index in [1.165, 1.54) is 0 Å². The molecular formula is C26H48N2O10. The van der Waals surface area contributed by atoms with Gasteiger partial charge in [0.2, 0.25) is 0 Å². The molecule has 0 spiro atoms. The molecule has 2 aliphatic heterocycles. The zero-order valence-corrected chi connectivity index (χ0v) is 23.3. The normalized spacial score (nSPS) is 46.4. The number of hydrogen-bond donors (Lipinski definition) is 7. The van der Waals surface area contributed by atoms with Crippen LogP contribution in [0.3, 0.4) is 0 Å². The molecule has 3 aliphatic rings. The summed E-state index contributed by atoms with van der Waals surface area (Å²) in [7, 11) is 0. The maximum atomic E-state index is 12.4. The lowest BCUT2D eigenvalue weighted by atomic mass is 9.66. The molecule has 222 valence electrons. The molecule has 3 rings (SSSR count). The number of alkyl carbamates (subject to hydrolysis) is 1. The van der Waals surface area contributed by atoms with Crippen LogP contribution in [0.1, 0.15) is 54.4 Å². The van der Waals surface area contributed by atoms with Crippen LogP contribution in [0.15, 0.2) is 0 Å². The number of nitrogens with one attached hydrogen (secondary N) is 1. The van der Waals surface area contributed by atoms with Crippen molar-refractivity contribution < 1.29 is 49.3 Å². The predicted molar refractivity (Wildman–Crippen MR) is 136 cm³/mol. The number of nitrogens with two attached hydrogens (primary N) is 1. The lowest BCUT2D eigenvalue weighted by molar-refractivity contribution is -0.313. The first-order chi connectivity index (χ1) is 17.7. The van der Waals surface area contributed by atoms with Gasteiger partial charge >= 0.3 is 6.09 Å². The van der Waals surface area contributed by atoms with Crippen molar-refractivity contribution in [3.8, 4) is 0 Å². The molecule has 0 radical (unpaired) electrons. The van der Waals surface area contributed by atoms with Crippen molar-refractivity contribution in [3.05, 3.63) is 0 Å². The summed E-state index contributed by atoms with van der Waals surface area (Å²) >= 11 is 0. The molecule has 8 N–H and O–H groups in total. The Kier molecular flexibility index (Phi) is 10.4. The van der Waals surface area contributed by atoms with E-state index in [1.807, 2.05) is 20.8 Å². The minimum Gasteiger partial charge on any atom is -0.444 e. The summed E-state index contributed by atoms with van der Waals surface area (Å²) in [5.41, 5.74) is 5.01. The van der Waals surface area contributed by atoms with Crippen LogP contribution in [-0.4, -0.2) is 112 Å². The zero-order chi connectivity index (χ0) is 28.5. The highest BCUT2D eigenvalue weighted by Crippen LogP contribution is 2.43. The van der Waals surface area contributed by atoms with Gasteiger partial charge in [-0.3, -0.25) is 0 Å². The first-order valence-corrected chi connectivity index (χ1v) is 13.7. The van der Waals surface area contributed by atoms with Crippen molar-refractivity contribution in [1.82, 2.24) is 5.32 Å². The summed E-state index contributed by atoms with van der Waals surface area (Å²) in [5.74, 6) is -0.412. The first kappa shape index (κ1) is 31.4. The van der Waals surface area contributed by atoms with E-state index < -0.39 is 73.4 Å². The van der Waals surface area contributed by atoms with Crippen molar-refractivity contribution in [2.45, 2.75) is 121 Å². The highest BCUT2D eigenvalue weighted by atomic mass is 16.7. The smallest absolute Gasteiger partial charge is 0.408 e. The number of aliphatic hydroxyl groups is 5. The summed E-state index contributed by atoms with van der Waals surface area (Å²) in [6, 6.07) is -1.25. The third-order valence-corrected chi connectivity index (χ3v) is 8.10. The summed E-state index contributed by atoms with van der Waals surface area (Å²) < 4.78 is 23.3. The molecule has 0 aromatic heterocycles. The number of amides is 1.